The Bertz CT molecular complexity index is 795. The number of aryl methyl sites for hydroxylation is 1. The van der Waals surface area contributed by atoms with Crippen molar-refractivity contribution >= 4 is 17.7 Å². The highest BCUT2D eigenvalue weighted by atomic mass is 32.2. The highest BCUT2D eigenvalue weighted by Gasteiger charge is 2.43. The first-order valence-corrected chi connectivity index (χ1v) is 11.8. The Hall–Kier alpha value is -2.02. The first-order chi connectivity index (χ1) is 14.1. The van der Waals surface area contributed by atoms with Crippen molar-refractivity contribution in [3.8, 4) is 0 Å². The molecule has 2 N–H and O–H groups in total. The third kappa shape index (κ3) is 5.75. The minimum absolute atomic E-state index is 0.278. The molecule has 1 aromatic carbocycles. The summed E-state index contributed by atoms with van der Waals surface area (Å²) in [7, 11) is 1.83. The maximum atomic E-state index is 4.41. The fourth-order valence-electron chi connectivity index (χ4n) is 3.64. The Morgan fingerprint density at radius 2 is 1.97 bits per heavy atom. The summed E-state index contributed by atoms with van der Waals surface area (Å²) in [6.45, 7) is 7.22. The van der Waals surface area contributed by atoms with Crippen LogP contribution in [0, 0.1) is 5.92 Å². The number of thioether (sulfide) groups is 1. The molecular formula is C22H34N6S. The highest BCUT2D eigenvalue weighted by Crippen LogP contribution is 2.47. The number of nitrogens with zero attached hydrogens (tertiary/aromatic N) is 4. The number of aliphatic imine (C=N–C) groups is 1. The van der Waals surface area contributed by atoms with Gasteiger partial charge in [-0.15, -0.1) is 10.2 Å². The van der Waals surface area contributed by atoms with E-state index in [9.17, 15) is 0 Å². The molecule has 1 heterocycles. The van der Waals surface area contributed by atoms with E-state index in [0.29, 0.717) is 5.92 Å². The van der Waals surface area contributed by atoms with Crippen LogP contribution in [0.5, 0.6) is 0 Å². The molecule has 0 aliphatic heterocycles. The molecule has 1 saturated carbocycles. The van der Waals surface area contributed by atoms with Crippen molar-refractivity contribution in [2.45, 2.75) is 56.6 Å². The van der Waals surface area contributed by atoms with Crippen LogP contribution in [0.4, 0.5) is 0 Å². The van der Waals surface area contributed by atoms with Gasteiger partial charge in [-0.05, 0) is 37.0 Å². The largest absolute Gasteiger partial charge is 0.356 e. The normalized spacial score (nSPS) is 15.6. The highest BCUT2D eigenvalue weighted by molar-refractivity contribution is 7.98. The van der Waals surface area contributed by atoms with Crippen LogP contribution in [-0.2, 0) is 18.4 Å². The number of aromatic nitrogens is 3. The van der Waals surface area contributed by atoms with E-state index < -0.39 is 0 Å². The monoisotopic (exact) mass is 414 g/mol. The summed E-state index contributed by atoms with van der Waals surface area (Å²) in [6, 6.07) is 10.8. The van der Waals surface area contributed by atoms with Crippen molar-refractivity contribution in [2.75, 3.05) is 26.4 Å². The third-order valence-corrected chi connectivity index (χ3v) is 6.12. The average Bonchev–Trinajstić information content (AvgIpc) is 3.44. The lowest BCUT2D eigenvalue weighted by Gasteiger charge is -2.19. The molecule has 0 atom stereocenters. The molecule has 1 aliphatic carbocycles. The second kappa shape index (κ2) is 10.1. The predicted octanol–water partition coefficient (Wildman–Crippen LogP) is 3.49. The summed E-state index contributed by atoms with van der Waals surface area (Å²) >= 11 is 1.66. The Morgan fingerprint density at radius 3 is 2.59 bits per heavy atom. The Balaban J connectivity index is 1.45. The number of benzene rings is 1. The summed E-state index contributed by atoms with van der Waals surface area (Å²) in [5.41, 5.74) is 1.71. The molecule has 1 aliphatic rings. The van der Waals surface area contributed by atoms with Gasteiger partial charge in [-0.3, -0.25) is 4.99 Å². The lowest BCUT2D eigenvalue weighted by atomic mass is 9.96. The van der Waals surface area contributed by atoms with E-state index >= 15 is 0 Å². The van der Waals surface area contributed by atoms with Gasteiger partial charge in [0, 0.05) is 38.5 Å². The van der Waals surface area contributed by atoms with Crippen molar-refractivity contribution in [3.05, 3.63) is 41.7 Å². The molecule has 0 unspecified atom stereocenters. The van der Waals surface area contributed by atoms with Crippen LogP contribution in [0.15, 0.2) is 40.5 Å². The van der Waals surface area contributed by atoms with Crippen LogP contribution in [-0.4, -0.2) is 47.1 Å². The van der Waals surface area contributed by atoms with Crippen molar-refractivity contribution < 1.29 is 0 Å². The van der Waals surface area contributed by atoms with Gasteiger partial charge in [-0.1, -0.05) is 55.9 Å². The summed E-state index contributed by atoms with van der Waals surface area (Å²) in [4.78, 5) is 4.39. The summed E-state index contributed by atoms with van der Waals surface area (Å²) in [6.07, 6.45) is 6.45. The van der Waals surface area contributed by atoms with Crippen LogP contribution < -0.4 is 10.6 Å². The first-order valence-electron chi connectivity index (χ1n) is 10.5. The van der Waals surface area contributed by atoms with Gasteiger partial charge in [-0.2, -0.15) is 0 Å². The zero-order chi connectivity index (χ0) is 20.7. The van der Waals surface area contributed by atoms with Gasteiger partial charge in [0.2, 0.25) is 0 Å². The van der Waals surface area contributed by atoms with Gasteiger partial charge < -0.3 is 15.2 Å². The van der Waals surface area contributed by atoms with Crippen molar-refractivity contribution in [1.82, 2.24) is 25.4 Å². The van der Waals surface area contributed by atoms with Crippen molar-refractivity contribution in [3.63, 3.8) is 0 Å². The molecule has 0 radical (unpaired) electrons. The molecule has 2 aromatic rings. The second-order valence-electron chi connectivity index (χ2n) is 8.21. The summed E-state index contributed by atoms with van der Waals surface area (Å²) in [5.74, 6) is 2.53. The van der Waals surface area contributed by atoms with Crippen molar-refractivity contribution in [1.29, 1.82) is 0 Å². The number of guanidine groups is 1. The van der Waals surface area contributed by atoms with Gasteiger partial charge in [0.1, 0.15) is 5.82 Å². The SMILES string of the molecule is CN=C(NCCCc1nnc(SC)n1CC(C)C)NCC1(c2ccccc2)CC1. The Labute approximate surface area is 179 Å². The number of nitrogens with one attached hydrogen (secondary N) is 2. The van der Waals surface area contributed by atoms with E-state index in [2.05, 4.69) is 80.8 Å². The topological polar surface area (TPSA) is 67.1 Å². The van der Waals surface area contributed by atoms with E-state index in [-0.39, 0.29) is 5.41 Å². The minimum atomic E-state index is 0.278. The second-order valence-corrected chi connectivity index (χ2v) is 8.98. The molecule has 3 rings (SSSR count). The maximum absolute atomic E-state index is 4.41. The standard InChI is InChI=1S/C22H34N6S/c1-17(2)15-28-19(26-27-21(28)29-4)11-8-14-24-20(23-3)25-16-22(12-13-22)18-9-6-5-7-10-18/h5-7,9-10,17H,8,11-16H2,1-4H3,(H2,23,24,25). The fraction of sp³-hybridized carbons (Fsp3) is 0.591. The molecule has 0 saturated heterocycles. The fourth-order valence-corrected chi connectivity index (χ4v) is 4.16. The van der Waals surface area contributed by atoms with Crippen LogP contribution >= 0.6 is 11.8 Å². The van der Waals surface area contributed by atoms with Gasteiger partial charge in [-0.25, -0.2) is 0 Å². The van der Waals surface area contributed by atoms with Crippen LogP contribution in [0.2, 0.25) is 0 Å². The molecule has 158 valence electrons. The summed E-state index contributed by atoms with van der Waals surface area (Å²) < 4.78 is 2.26. The van der Waals surface area contributed by atoms with Gasteiger partial charge >= 0.3 is 0 Å². The molecular weight excluding hydrogens is 380 g/mol. The number of hydrogen-bond donors (Lipinski definition) is 2. The lowest BCUT2D eigenvalue weighted by Crippen LogP contribution is -2.41. The molecule has 1 aromatic heterocycles. The van der Waals surface area contributed by atoms with E-state index in [0.717, 1.165) is 49.4 Å². The van der Waals surface area contributed by atoms with Gasteiger partial charge in [0.05, 0.1) is 0 Å². The first kappa shape index (κ1) is 21.7. The maximum Gasteiger partial charge on any atom is 0.191 e. The zero-order valence-electron chi connectivity index (χ0n) is 18.1. The molecule has 0 amide bonds. The van der Waals surface area contributed by atoms with E-state index in [1.54, 1.807) is 11.8 Å². The lowest BCUT2D eigenvalue weighted by molar-refractivity contribution is 0.477. The van der Waals surface area contributed by atoms with E-state index in [4.69, 9.17) is 0 Å². The smallest absolute Gasteiger partial charge is 0.191 e. The van der Waals surface area contributed by atoms with Crippen LogP contribution in [0.25, 0.3) is 0 Å². The molecule has 6 nitrogen and oxygen atoms in total. The van der Waals surface area contributed by atoms with Crippen LogP contribution in [0.1, 0.15) is 44.5 Å². The molecule has 1 fully saturated rings. The Morgan fingerprint density at radius 1 is 1.21 bits per heavy atom. The molecule has 29 heavy (non-hydrogen) atoms. The van der Waals surface area contributed by atoms with Crippen molar-refractivity contribution in [2.24, 2.45) is 10.9 Å². The Kier molecular flexibility index (Phi) is 7.58. The van der Waals surface area contributed by atoms with E-state index in [1.165, 1.54) is 18.4 Å². The predicted molar refractivity (Wildman–Crippen MR) is 122 cm³/mol. The third-order valence-electron chi connectivity index (χ3n) is 5.45. The number of rotatable bonds is 10. The van der Waals surface area contributed by atoms with E-state index in [1.807, 2.05) is 7.05 Å². The number of hydrogen-bond acceptors (Lipinski definition) is 4. The molecule has 0 spiro atoms. The molecule has 7 heteroatoms. The molecule has 0 bridgehead atoms. The quantitative estimate of drug-likeness (QED) is 0.270. The van der Waals surface area contributed by atoms with Crippen LogP contribution in [0.3, 0.4) is 0 Å². The van der Waals surface area contributed by atoms with Gasteiger partial charge in [0.15, 0.2) is 11.1 Å². The van der Waals surface area contributed by atoms with Gasteiger partial charge in [0.25, 0.3) is 0 Å². The average molecular weight is 415 g/mol. The summed E-state index contributed by atoms with van der Waals surface area (Å²) in [5, 5.41) is 16.7. The minimum Gasteiger partial charge on any atom is -0.356 e. The zero-order valence-corrected chi connectivity index (χ0v) is 18.9.